The maximum Gasteiger partial charge on any atom is 0.230 e. The zero-order chi connectivity index (χ0) is 15.8. The predicted molar refractivity (Wildman–Crippen MR) is 85.1 cm³/mol. The summed E-state index contributed by atoms with van der Waals surface area (Å²) >= 11 is 0. The monoisotopic (exact) mass is 307 g/mol. The molecule has 4 aromatic rings. The molecule has 0 aliphatic carbocycles. The van der Waals surface area contributed by atoms with Gasteiger partial charge in [0.2, 0.25) is 5.91 Å². The Morgan fingerprint density at radius 2 is 2.04 bits per heavy atom. The van der Waals surface area contributed by atoms with E-state index in [0.717, 1.165) is 5.39 Å². The molecular weight excluding hydrogens is 294 g/mol. The van der Waals surface area contributed by atoms with Crippen LogP contribution in [0.15, 0.2) is 51.4 Å². The molecule has 0 fully saturated rings. The molecule has 6 heteroatoms. The Labute approximate surface area is 131 Å². The molecule has 6 nitrogen and oxygen atoms in total. The van der Waals surface area contributed by atoms with Gasteiger partial charge in [0, 0.05) is 18.0 Å². The minimum atomic E-state index is -0.163. The first-order valence-corrected chi connectivity index (χ1v) is 7.19. The number of fused-ring (bicyclic) bond motifs is 2. The van der Waals surface area contributed by atoms with Crippen molar-refractivity contribution in [1.29, 1.82) is 0 Å². The van der Waals surface area contributed by atoms with Crippen LogP contribution in [0.2, 0.25) is 0 Å². The first kappa shape index (κ1) is 13.5. The molecule has 0 saturated carbocycles. The quantitative estimate of drug-likeness (QED) is 0.627. The van der Waals surface area contributed by atoms with Crippen molar-refractivity contribution in [2.45, 2.75) is 13.3 Å². The van der Waals surface area contributed by atoms with Crippen molar-refractivity contribution in [2.75, 3.05) is 5.32 Å². The van der Waals surface area contributed by atoms with E-state index in [9.17, 15) is 4.79 Å². The molecular formula is C17H13N3O3. The molecule has 0 spiro atoms. The normalized spacial score (nSPS) is 11.2. The van der Waals surface area contributed by atoms with Gasteiger partial charge in [-0.1, -0.05) is 17.3 Å². The van der Waals surface area contributed by atoms with Gasteiger partial charge in [0.1, 0.15) is 11.2 Å². The number of nitrogens with one attached hydrogen (secondary N) is 1. The fraction of sp³-hybridized carbons (Fsp3) is 0.118. The molecule has 0 aliphatic heterocycles. The van der Waals surface area contributed by atoms with Crippen LogP contribution in [0.25, 0.3) is 22.1 Å². The number of anilines is 1. The molecule has 0 saturated heterocycles. The molecule has 0 radical (unpaired) electrons. The van der Waals surface area contributed by atoms with Gasteiger partial charge in [0.15, 0.2) is 17.1 Å². The van der Waals surface area contributed by atoms with Crippen LogP contribution in [-0.4, -0.2) is 16.0 Å². The fourth-order valence-corrected chi connectivity index (χ4v) is 2.54. The number of hydrogen-bond donors (Lipinski definition) is 1. The lowest BCUT2D eigenvalue weighted by atomic mass is 10.1. The summed E-state index contributed by atoms with van der Waals surface area (Å²) in [4.78, 5) is 16.5. The van der Waals surface area contributed by atoms with Crippen LogP contribution >= 0.6 is 0 Å². The molecule has 23 heavy (non-hydrogen) atoms. The van der Waals surface area contributed by atoms with Crippen molar-refractivity contribution in [1.82, 2.24) is 10.1 Å². The number of hydrogen-bond acceptors (Lipinski definition) is 5. The van der Waals surface area contributed by atoms with Crippen LogP contribution < -0.4 is 5.32 Å². The number of rotatable bonds is 3. The van der Waals surface area contributed by atoms with Crippen LogP contribution in [0.4, 0.5) is 5.69 Å². The molecule has 1 amide bonds. The summed E-state index contributed by atoms with van der Waals surface area (Å²) in [6, 6.07) is 12.8. The number of nitrogens with zero attached hydrogens (tertiary/aromatic N) is 2. The summed E-state index contributed by atoms with van der Waals surface area (Å²) in [5.41, 5.74) is 3.38. The highest BCUT2D eigenvalue weighted by Gasteiger charge is 2.12. The molecule has 4 rings (SSSR count). The molecule has 1 N–H and O–H groups in total. The van der Waals surface area contributed by atoms with Gasteiger partial charge >= 0.3 is 0 Å². The zero-order valence-electron chi connectivity index (χ0n) is 12.4. The van der Waals surface area contributed by atoms with Gasteiger partial charge < -0.3 is 14.3 Å². The highest BCUT2D eigenvalue weighted by Crippen LogP contribution is 2.21. The van der Waals surface area contributed by atoms with E-state index >= 15 is 0 Å². The molecule has 0 atom stereocenters. The van der Waals surface area contributed by atoms with E-state index in [-0.39, 0.29) is 12.3 Å². The van der Waals surface area contributed by atoms with Crippen molar-refractivity contribution in [3.05, 3.63) is 54.0 Å². The average molecular weight is 307 g/mol. The highest BCUT2D eigenvalue weighted by molar-refractivity contribution is 5.95. The van der Waals surface area contributed by atoms with Gasteiger partial charge in [-0.05, 0) is 30.3 Å². The summed E-state index contributed by atoms with van der Waals surface area (Å²) < 4.78 is 10.6. The summed E-state index contributed by atoms with van der Waals surface area (Å²) in [7, 11) is 0. The van der Waals surface area contributed by atoms with Gasteiger partial charge in [-0.3, -0.25) is 4.79 Å². The molecule has 0 aliphatic rings. The van der Waals surface area contributed by atoms with Crippen molar-refractivity contribution >= 4 is 33.7 Å². The molecule has 2 aromatic carbocycles. The Morgan fingerprint density at radius 3 is 2.96 bits per heavy atom. The lowest BCUT2D eigenvalue weighted by Gasteiger charge is -2.03. The second-order valence-corrected chi connectivity index (χ2v) is 5.27. The fourth-order valence-electron chi connectivity index (χ4n) is 2.54. The third-order valence-corrected chi connectivity index (χ3v) is 3.56. The maximum atomic E-state index is 12.2. The topological polar surface area (TPSA) is 81.2 Å². The maximum absolute atomic E-state index is 12.2. The van der Waals surface area contributed by atoms with E-state index in [1.165, 1.54) is 0 Å². The minimum Gasteiger partial charge on any atom is -0.441 e. The Morgan fingerprint density at radius 1 is 1.17 bits per heavy atom. The van der Waals surface area contributed by atoms with Gasteiger partial charge in [0.25, 0.3) is 0 Å². The summed E-state index contributed by atoms with van der Waals surface area (Å²) in [5.74, 6) is 0.432. The lowest BCUT2D eigenvalue weighted by Crippen LogP contribution is -2.14. The Kier molecular flexibility index (Phi) is 3.08. The molecule has 0 bridgehead atoms. The molecule has 0 unspecified atom stereocenters. The third kappa shape index (κ3) is 2.55. The van der Waals surface area contributed by atoms with Crippen LogP contribution in [0.5, 0.6) is 0 Å². The minimum absolute atomic E-state index is 0.146. The summed E-state index contributed by atoms with van der Waals surface area (Å²) in [6.45, 7) is 1.79. The Hall–Kier alpha value is -3.15. The lowest BCUT2D eigenvalue weighted by molar-refractivity contribution is -0.115. The number of benzene rings is 2. The number of para-hydroxylation sites is 1. The molecule has 2 heterocycles. The predicted octanol–water partition coefficient (Wildman–Crippen LogP) is 3.46. The Balaban J connectivity index is 1.54. The van der Waals surface area contributed by atoms with E-state index in [1.807, 2.05) is 24.3 Å². The van der Waals surface area contributed by atoms with Gasteiger partial charge in [-0.25, -0.2) is 4.98 Å². The Bertz CT molecular complexity index is 1020. The smallest absolute Gasteiger partial charge is 0.230 e. The third-order valence-electron chi connectivity index (χ3n) is 3.56. The van der Waals surface area contributed by atoms with E-state index in [4.69, 9.17) is 8.94 Å². The van der Waals surface area contributed by atoms with E-state index in [2.05, 4.69) is 15.5 Å². The number of amides is 1. The highest BCUT2D eigenvalue weighted by atomic mass is 16.5. The largest absolute Gasteiger partial charge is 0.441 e. The number of aromatic nitrogens is 2. The second kappa shape index (κ2) is 5.24. The first-order valence-electron chi connectivity index (χ1n) is 7.19. The van der Waals surface area contributed by atoms with Crippen LogP contribution in [0.3, 0.4) is 0 Å². The second-order valence-electron chi connectivity index (χ2n) is 5.27. The first-order chi connectivity index (χ1) is 11.2. The van der Waals surface area contributed by atoms with E-state index in [0.29, 0.717) is 34.0 Å². The van der Waals surface area contributed by atoms with Gasteiger partial charge in [0.05, 0.1) is 6.42 Å². The SMILES string of the molecule is Cc1nc2cc(NC(=O)Cc3noc4ccccc34)ccc2o1. The van der Waals surface area contributed by atoms with Gasteiger partial charge in [-0.15, -0.1) is 0 Å². The van der Waals surface area contributed by atoms with E-state index < -0.39 is 0 Å². The van der Waals surface area contributed by atoms with Crippen LogP contribution in [0.1, 0.15) is 11.6 Å². The number of carbonyl (C=O) groups excluding carboxylic acids is 1. The van der Waals surface area contributed by atoms with Crippen molar-refractivity contribution in [3.8, 4) is 0 Å². The van der Waals surface area contributed by atoms with Crippen molar-refractivity contribution in [2.24, 2.45) is 0 Å². The van der Waals surface area contributed by atoms with Gasteiger partial charge in [-0.2, -0.15) is 0 Å². The number of aryl methyl sites for hydroxylation is 1. The van der Waals surface area contributed by atoms with Crippen LogP contribution in [0, 0.1) is 6.92 Å². The van der Waals surface area contributed by atoms with Crippen LogP contribution in [-0.2, 0) is 11.2 Å². The van der Waals surface area contributed by atoms with Crippen molar-refractivity contribution in [3.63, 3.8) is 0 Å². The average Bonchev–Trinajstić information content (AvgIpc) is 3.10. The van der Waals surface area contributed by atoms with E-state index in [1.54, 1.807) is 25.1 Å². The molecule has 2 aromatic heterocycles. The number of carbonyl (C=O) groups is 1. The molecule has 114 valence electrons. The summed E-state index contributed by atoms with van der Waals surface area (Å²) in [6.07, 6.45) is 0.146. The standard InChI is InChI=1S/C17H13N3O3/c1-10-18-14-8-11(6-7-16(14)22-10)19-17(21)9-13-12-4-2-3-5-15(12)23-20-13/h2-8H,9H2,1H3,(H,19,21). The zero-order valence-corrected chi connectivity index (χ0v) is 12.4. The van der Waals surface area contributed by atoms with Crippen molar-refractivity contribution < 1.29 is 13.7 Å². The summed E-state index contributed by atoms with van der Waals surface area (Å²) in [5, 5.41) is 7.66. The number of oxazole rings is 1.